The number of nitrogens with one attached hydrogen (secondary N) is 1. The highest BCUT2D eigenvalue weighted by atomic mass is 19.1. The topological polar surface area (TPSA) is 49.3 Å². The van der Waals surface area contributed by atoms with Gasteiger partial charge in [0.25, 0.3) is 5.91 Å². The maximum atomic E-state index is 13.0. The summed E-state index contributed by atoms with van der Waals surface area (Å²) < 4.78 is 26.0. The van der Waals surface area contributed by atoms with Gasteiger partial charge in [0.05, 0.1) is 0 Å². The van der Waals surface area contributed by atoms with Gasteiger partial charge in [-0.2, -0.15) is 0 Å². The van der Waals surface area contributed by atoms with Crippen LogP contribution in [-0.2, 0) is 0 Å². The number of aryl methyl sites for hydroxylation is 1. The van der Waals surface area contributed by atoms with Crippen LogP contribution in [0.3, 0.4) is 0 Å². The zero-order valence-corrected chi connectivity index (χ0v) is 10.1. The second kappa shape index (κ2) is 5.06. The molecular formula is C14H11F2NO2. The standard InChI is InChI=1S/C14H11F2NO2/c1-8-4-12(18)2-3-13(8)14(19)17-11-6-9(15)5-10(16)7-11/h2-7,18H,1H3,(H,17,19). The van der Waals surface area contributed by atoms with Crippen LogP contribution in [0.15, 0.2) is 36.4 Å². The number of hydrogen-bond acceptors (Lipinski definition) is 2. The molecule has 0 saturated heterocycles. The van der Waals surface area contributed by atoms with Gasteiger partial charge < -0.3 is 10.4 Å². The van der Waals surface area contributed by atoms with Gasteiger partial charge in [-0.25, -0.2) is 8.78 Å². The van der Waals surface area contributed by atoms with Crippen LogP contribution < -0.4 is 5.32 Å². The molecule has 2 rings (SSSR count). The lowest BCUT2D eigenvalue weighted by Crippen LogP contribution is -2.13. The van der Waals surface area contributed by atoms with Crippen molar-refractivity contribution in [2.75, 3.05) is 5.32 Å². The molecule has 0 atom stereocenters. The maximum absolute atomic E-state index is 13.0. The first-order valence-corrected chi connectivity index (χ1v) is 5.53. The molecule has 0 aliphatic carbocycles. The monoisotopic (exact) mass is 263 g/mol. The van der Waals surface area contributed by atoms with Crippen molar-refractivity contribution in [1.29, 1.82) is 0 Å². The first-order valence-electron chi connectivity index (χ1n) is 5.53. The molecule has 0 fully saturated rings. The van der Waals surface area contributed by atoms with E-state index in [0.29, 0.717) is 11.1 Å². The maximum Gasteiger partial charge on any atom is 0.255 e. The third-order valence-electron chi connectivity index (χ3n) is 2.58. The molecule has 2 aromatic rings. The summed E-state index contributed by atoms with van der Waals surface area (Å²) in [5, 5.41) is 11.7. The third-order valence-corrected chi connectivity index (χ3v) is 2.58. The first kappa shape index (κ1) is 13.0. The number of halogens is 2. The summed E-state index contributed by atoms with van der Waals surface area (Å²) in [6, 6.07) is 7.01. The Kier molecular flexibility index (Phi) is 3.46. The molecule has 0 unspecified atom stereocenters. The highest BCUT2D eigenvalue weighted by molar-refractivity contribution is 6.05. The van der Waals surface area contributed by atoms with Crippen LogP contribution in [0.1, 0.15) is 15.9 Å². The third kappa shape index (κ3) is 3.07. The summed E-state index contributed by atoms with van der Waals surface area (Å²) in [5.41, 5.74) is 0.923. The molecule has 0 aromatic heterocycles. The number of amides is 1. The minimum absolute atomic E-state index is 0.0370. The number of hydrogen-bond donors (Lipinski definition) is 2. The van der Waals surface area contributed by atoms with E-state index < -0.39 is 17.5 Å². The second-order valence-corrected chi connectivity index (χ2v) is 4.11. The van der Waals surface area contributed by atoms with E-state index in [9.17, 15) is 18.7 Å². The van der Waals surface area contributed by atoms with Crippen LogP contribution >= 0.6 is 0 Å². The molecule has 2 aromatic carbocycles. The highest BCUT2D eigenvalue weighted by Crippen LogP contribution is 2.18. The Morgan fingerprint density at radius 2 is 1.74 bits per heavy atom. The van der Waals surface area contributed by atoms with Gasteiger partial charge in [0.15, 0.2) is 0 Å². The predicted octanol–water partition coefficient (Wildman–Crippen LogP) is 3.23. The van der Waals surface area contributed by atoms with Crippen molar-refractivity contribution in [3.05, 3.63) is 59.2 Å². The Labute approximate surface area is 108 Å². The number of phenolic OH excluding ortho intramolecular Hbond substituents is 1. The lowest BCUT2D eigenvalue weighted by Gasteiger charge is -2.08. The Morgan fingerprint density at radius 1 is 1.11 bits per heavy atom. The van der Waals surface area contributed by atoms with Gasteiger partial charge in [0, 0.05) is 17.3 Å². The fraction of sp³-hybridized carbons (Fsp3) is 0.0714. The molecule has 0 aliphatic rings. The minimum atomic E-state index is -0.766. The second-order valence-electron chi connectivity index (χ2n) is 4.11. The number of carbonyl (C=O) groups is 1. The van der Waals surface area contributed by atoms with E-state index in [1.54, 1.807) is 6.92 Å². The van der Waals surface area contributed by atoms with Gasteiger partial charge in [0.2, 0.25) is 0 Å². The lowest BCUT2D eigenvalue weighted by molar-refractivity contribution is 0.102. The van der Waals surface area contributed by atoms with Crippen molar-refractivity contribution in [2.45, 2.75) is 6.92 Å². The number of anilines is 1. The van der Waals surface area contributed by atoms with Crippen molar-refractivity contribution in [1.82, 2.24) is 0 Å². The summed E-state index contributed by atoms with van der Waals surface area (Å²) in [7, 11) is 0. The summed E-state index contributed by atoms with van der Waals surface area (Å²) in [6.45, 7) is 1.65. The van der Waals surface area contributed by atoms with E-state index in [1.165, 1.54) is 18.2 Å². The van der Waals surface area contributed by atoms with E-state index in [2.05, 4.69) is 5.32 Å². The number of benzene rings is 2. The predicted molar refractivity (Wildman–Crippen MR) is 67.2 cm³/mol. The van der Waals surface area contributed by atoms with Gasteiger partial charge in [0.1, 0.15) is 17.4 Å². The molecular weight excluding hydrogens is 252 g/mol. The van der Waals surface area contributed by atoms with Crippen molar-refractivity contribution in [3.63, 3.8) is 0 Å². The van der Waals surface area contributed by atoms with Gasteiger partial charge in [-0.05, 0) is 42.8 Å². The van der Waals surface area contributed by atoms with Crippen molar-refractivity contribution in [2.24, 2.45) is 0 Å². The molecule has 2 N–H and O–H groups in total. The van der Waals surface area contributed by atoms with Crippen LogP contribution in [0, 0.1) is 18.6 Å². The summed E-state index contributed by atoms with van der Waals surface area (Å²) in [4.78, 5) is 11.9. The zero-order valence-electron chi connectivity index (χ0n) is 10.1. The van der Waals surface area contributed by atoms with Gasteiger partial charge >= 0.3 is 0 Å². The number of phenols is 1. The molecule has 3 nitrogen and oxygen atoms in total. The fourth-order valence-electron chi connectivity index (χ4n) is 1.73. The average Bonchev–Trinajstić information content (AvgIpc) is 2.26. The number of carbonyl (C=O) groups excluding carboxylic acids is 1. The van der Waals surface area contributed by atoms with E-state index in [0.717, 1.165) is 18.2 Å². The summed E-state index contributed by atoms with van der Waals surface area (Å²) in [6.07, 6.45) is 0. The molecule has 0 aliphatic heterocycles. The lowest BCUT2D eigenvalue weighted by atomic mass is 10.1. The molecule has 19 heavy (non-hydrogen) atoms. The van der Waals surface area contributed by atoms with Crippen LogP contribution in [0.25, 0.3) is 0 Å². The van der Waals surface area contributed by atoms with E-state index in [-0.39, 0.29) is 11.4 Å². The molecule has 1 amide bonds. The Morgan fingerprint density at radius 3 is 2.32 bits per heavy atom. The quantitative estimate of drug-likeness (QED) is 0.873. The molecule has 5 heteroatoms. The largest absolute Gasteiger partial charge is 0.508 e. The van der Waals surface area contributed by atoms with Gasteiger partial charge in [-0.15, -0.1) is 0 Å². The van der Waals surface area contributed by atoms with E-state index in [4.69, 9.17) is 0 Å². The summed E-state index contributed by atoms with van der Waals surface area (Å²) in [5.74, 6) is -1.98. The molecule has 0 spiro atoms. The minimum Gasteiger partial charge on any atom is -0.508 e. The smallest absolute Gasteiger partial charge is 0.255 e. The Balaban J connectivity index is 2.25. The SMILES string of the molecule is Cc1cc(O)ccc1C(=O)Nc1cc(F)cc(F)c1. The van der Waals surface area contributed by atoms with Crippen molar-refractivity contribution >= 4 is 11.6 Å². The molecule has 0 saturated carbocycles. The molecule has 0 radical (unpaired) electrons. The van der Waals surface area contributed by atoms with Crippen LogP contribution in [0.4, 0.5) is 14.5 Å². The Bertz CT molecular complexity index is 621. The summed E-state index contributed by atoms with van der Waals surface area (Å²) >= 11 is 0. The van der Waals surface area contributed by atoms with E-state index in [1.807, 2.05) is 0 Å². The number of aromatic hydroxyl groups is 1. The van der Waals surface area contributed by atoms with Gasteiger partial charge in [-0.1, -0.05) is 0 Å². The molecule has 98 valence electrons. The highest BCUT2D eigenvalue weighted by Gasteiger charge is 2.11. The van der Waals surface area contributed by atoms with Crippen LogP contribution in [0.2, 0.25) is 0 Å². The van der Waals surface area contributed by atoms with Crippen molar-refractivity contribution < 1.29 is 18.7 Å². The normalized spacial score (nSPS) is 10.3. The van der Waals surface area contributed by atoms with Crippen LogP contribution in [0.5, 0.6) is 5.75 Å². The zero-order chi connectivity index (χ0) is 14.0. The number of rotatable bonds is 2. The van der Waals surface area contributed by atoms with E-state index >= 15 is 0 Å². The fourth-order valence-corrected chi connectivity index (χ4v) is 1.73. The average molecular weight is 263 g/mol. The molecule has 0 heterocycles. The van der Waals surface area contributed by atoms with Crippen LogP contribution in [-0.4, -0.2) is 11.0 Å². The first-order chi connectivity index (χ1) is 8.95. The van der Waals surface area contributed by atoms with Crippen molar-refractivity contribution in [3.8, 4) is 5.75 Å². The molecule has 0 bridgehead atoms. The van der Waals surface area contributed by atoms with Gasteiger partial charge in [-0.3, -0.25) is 4.79 Å². The Hall–Kier alpha value is -2.43.